The summed E-state index contributed by atoms with van der Waals surface area (Å²) >= 11 is 0. The number of fused-ring (bicyclic) bond motifs is 1. The second-order valence-electron chi connectivity index (χ2n) is 4.34. The molecular formula is C14H13NO2. The molecule has 0 heterocycles. The molecule has 0 N–H and O–H groups in total. The van der Waals surface area contributed by atoms with Crippen LogP contribution in [-0.2, 0) is 0 Å². The van der Waals surface area contributed by atoms with Gasteiger partial charge in [0.2, 0.25) is 0 Å². The molecule has 0 saturated heterocycles. The Labute approximate surface area is 100 Å². The maximum atomic E-state index is 10.7. The number of rotatable bonds is 3. The average molecular weight is 227 g/mol. The SMILES string of the molecule is C#CCC(C)C1C=Cc2cc([N+](=O)[O-])ccc21. The van der Waals surface area contributed by atoms with Crippen molar-refractivity contribution in [2.45, 2.75) is 19.3 Å². The first kappa shape index (κ1) is 11.4. The molecule has 0 aromatic heterocycles. The fourth-order valence-corrected chi connectivity index (χ4v) is 2.24. The van der Waals surface area contributed by atoms with Crippen LogP contribution in [0.3, 0.4) is 0 Å². The number of nitrogens with zero attached hydrogens (tertiary/aromatic N) is 1. The van der Waals surface area contributed by atoms with Crippen LogP contribution in [-0.4, -0.2) is 4.92 Å². The quantitative estimate of drug-likeness (QED) is 0.451. The lowest BCUT2D eigenvalue weighted by atomic mass is 9.87. The largest absolute Gasteiger partial charge is 0.270 e. The third-order valence-electron chi connectivity index (χ3n) is 3.18. The summed E-state index contributed by atoms with van der Waals surface area (Å²) in [6.45, 7) is 2.10. The summed E-state index contributed by atoms with van der Waals surface area (Å²) in [4.78, 5) is 10.3. The van der Waals surface area contributed by atoms with Gasteiger partial charge in [-0.15, -0.1) is 12.3 Å². The molecule has 86 valence electrons. The highest BCUT2D eigenvalue weighted by atomic mass is 16.6. The predicted molar refractivity (Wildman–Crippen MR) is 67.5 cm³/mol. The van der Waals surface area contributed by atoms with E-state index in [0.29, 0.717) is 12.3 Å². The van der Waals surface area contributed by atoms with Gasteiger partial charge in [-0.1, -0.05) is 25.1 Å². The molecule has 0 spiro atoms. The molecule has 1 aromatic carbocycles. The highest BCUT2D eigenvalue weighted by Gasteiger charge is 2.23. The summed E-state index contributed by atoms with van der Waals surface area (Å²) in [6, 6.07) is 5.01. The summed E-state index contributed by atoms with van der Waals surface area (Å²) in [7, 11) is 0. The van der Waals surface area contributed by atoms with Gasteiger partial charge in [0.05, 0.1) is 4.92 Å². The molecular weight excluding hydrogens is 214 g/mol. The van der Waals surface area contributed by atoms with Crippen LogP contribution < -0.4 is 0 Å². The van der Waals surface area contributed by atoms with Crippen LogP contribution in [0, 0.1) is 28.4 Å². The first-order chi connectivity index (χ1) is 8.13. The van der Waals surface area contributed by atoms with Crippen molar-refractivity contribution in [3.8, 4) is 12.3 Å². The highest BCUT2D eigenvalue weighted by molar-refractivity contribution is 5.65. The van der Waals surface area contributed by atoms with Crippen molar-refractivity contribution in [2.24, 2.45) is 5.92 Å². The van der Waals surface area contributed by atoms with E-state index >= 15 is 0 Å². The molecule has 0 saturated carbocycles. The average Bonchev–Trinajstić information content (AvgIpc) is 2.71. The number of hydrogen-bond acceptors (Lipinski definition) is 2. The van der Waals surface area contributed by atoms with Gasteiger partial charge in [-0.05, 0) is 17.0 Å². The maximum absolute atomic E-state index is 10.7. The molecule has 2 atom stereocenters. The summed E-state index contributed by atoms with van der Waals surface area (Å²) < 4.78 is 0. The van der Waals surface area contributed by atoms with E-state index in [1.165, 1.54) is 0 Å². The summed E-state index contributed by atoms with van der Waals surface area (Å²) in [5, 5.41) is 10.7. The number of hydrogen-bond donors (Lipinski definition) is 0. The third kappa shape index (κ3) is 2.07. The molecule has 2 rings (SSSR count). The fourth-order valence-electron chi connectivity index (χ4n) is 2.24. The molecule has 3 nitrogen and oxygen atoms in total. The number of terminal acetylenes is 1. The van der Waals surface area contributed by atoms with Crippen molar-refractivity contribution < 1.29 is 4.92 Å². The minimum atomic E-state index is -0.369. The monoisotopic (exact) mass is 227 g/mol. The minimum Gasteiger partial charge on any atom is -0.258 e. The van der Waals surface area contributed by atoms with E-state index in [2.05, 4.69) is 18.9 Å². The molecule has 0 aliphatic heterocycles. The van der Waals surface area contributed by atoms with Gasteiger partial charge in [0, 0.05) is 24.5 Å². The Morgan fingerprint density at radius 1 is 1.59 bits per heavy atom. The highest BCUT2D eigenvalue weighted by Crippen LogP contribution is 2.38. The number of non-ortho nitro benzene ring substituents is 1. The fraction of sp³-hybridized carbons (Fsp3) is 0.286. The zero-order chi connectivity index (χ0) is 12.4. The Hall–Kier alpha value is -2.08. The number of allylic oxidation sites excluding steroid dienone is 1. The van der Waals surface area contributed by atoms with Crippen molar-refractivity contribution in [1.82, 2.24) is 0 Å². The molecule has 17 heavy (non-hydrogen) atoms. The molecule has 0 amide bonds. The van der Waals surface area contributed by atoms with E-state index in [1.807, 2.05) is 12.1 Å². The summed E-state index contributed by atoms with van der Waals surface area (Å²) in [5.74, 6) is 3.30. The zero-order valence-electron chi connectivity index (χ0n) is 9.59. The number of nitro benzene ring substituents is 1. The van der Waals surface area contributed by atoms with E-state index in [-0.39, 0.29) is 16.5 Å². The molecule has 3 heteroatoms. The third-order valence-corrected chi connectivity index (χ3v) is 3.18. The van der Waals surface area contributed by atoms with E-state index in [9.17, 15) is 10.1 Å². The van der Waals surface area contributed by atoms with E-state index < -0.39 is 0 Å². The van der Waals surface area contributed by atoms with Gasteiger partial charge in [-0.3, -0.25) is 10.1 Å². The van der Waals surface area contributed by atoms with Crippen LogP contribution in [0.4, 0.5) is 5.69 Å². The molecule has 0 bridgehead atoms. The van der Waals surface area contributed by atoms with Crippen LogP contribution in [0.25, 0.3) is 6.08 Å². The van der Waals surface area contributed by atoms with Gasteiger partial charge in [-0.2, -0.15) is 0 Å². The predicted octanol–water partition coefficient (Wildman–Crippen LogP) is 3.36. The number of nitro groups is 1. The smallest absolute Gasteiger partial charge is 0.258 e. The van der Waals surface area contributed by atoms with Crippen molar-refractivity contribution in [3.05, 3.63) is 45.5 Å². The molecule has 0 fully saturated rings. The molecule has 1 aromatic rings. The molecule has 1 aliphatic rings. The van der Waals surface area contributed by atoms with Gasteiger partial charge in [-0.25, -0.2) is 0 Å². The Morgan fingerprint density at radius 3 is 3.00 bits per heavy atom. The van der Waals surface area contributed by atoms with Crippen LogP contribution in [0.2, 0.25) is 0 Å². The maximum Gasteiger partial charge on any atom is 0.270 e. The second kappa shape index (κ2) is 4.42. The Morgan fingerprint density at radius 2 is 2.35 bits per heavy atom. The van der Waals surface area contributed by atoms with Crippen LogP contribution in [0.15, 0.2) is 24.3 Å². The van der Waals surface area contributed by atoms with Gasteiger partial charge in [0.1, 0.15) is 0 Å². The topological polar surface area (TPSA) is 43.1 Å². The van der Waals surface area contributed by atoms with Gasteiger partial charge in [0.15, 0.2) is 0 Å². The summed E-state index contributed by atoms with van der Waals surface area (Å²) in [6.07, 6.45) is 10.1. The van der Waals surface area contributed by atoms with E-state index in [0.717, 1.165) is 11.1 Å². The van der Waals surface area contributed by atoms with Crippen LogP contribution in [0.1, 0.15) is 30.4 Å². The van der Waals surface area contributed by atoms with Gasteiger partial charge < -0.3 is 0 Å². The van der Waals surface area contributed by atoms with Crippen LogP contribution >= 0.6 is 0 Å². The lowest BCUT2D eigenvalue weighted by molar-refractivity contribution is -0.384. The minimum absolute atomic E-state index is 0.138. The summed E-state index contributed by atoms with van der Waals surface area (Å²) in [5.41, 5.74) is 2.21. The molecule has 2 unspecified atom stereocenters. The number of benzene rings is 1. The standard InChI is InChI=1S/C14H13NO2/c1-3-4-10(2)13-7-5-11-9-12(15(16)17)6-8-14(11)13/h1,5-10,13H,4H2,2H3. The Kier molecular flexibility index (Phi) is 2.97. The first-order valence-corrected chi connectivity index (χ1v) is 5.53. The van der Waals surface area contributed by atoms with Gasteiger partial charge >= 0.3 is 0 Å². The molecule has 0 radical (unpaired) electrons. The van der Waals surface area contributed by atoms with Gasteiger partial charge in [0.25, 0.3) is 5.69 Å². The van der Waals surface area contributed by atoms with Crippen LogP contribution in [0.5, 0.6) is 0 Å². The molecule has 1 aliphatic carbocycles. The van der Waals surface area contributed by atoms with E-state index in [4.69, 9.17) is 6.42 Å². The second-order valence-corrected chi connectivity index (χ2v) is 4.34. The Bertz CT molecular complexity index is 526. The van der Waals surface area contributed by atoms with Crippen molar-refractivity contribution in [1.29, 1.82) is 0 Å². The van der Waals surface area contributed by atoms with Crippen molar-refractivity contribution >= 4 is 11.8 Å². The normalized spacial score (nSPS) is 18.5. The lowest BCUT2D eigenvalue weighted by Gasteiger charge is -2.16. The van der Waals surface area contributed by atoms with Crippen molar-refractivity contribution in [3.63, 3.8) is 0 Å². The zero-order valence-corrected chi connectivity index (χ0v) is 9.59. The Balaban J connectivity index is 2.32. The first-order valence-electron chi connectivity index (χ1n) is 5.53. The lowest BCUT2D eigenvalue weighted by Crippen LogP contribution is -2.05. The van der Waals surface area contributed by atoms with Crippen molar-refractivity contribution in [2.75, 3.05) is 0 Å². The van der Waals surface area contributed by atoms with E-state index in [1.54, 1.807) is 12.1 Å².